The van der Waals surface area contributed by atoms with Gasteiger partial charge in [0.25, 0.3) is 0 Å². The molecule has 0 aromatic carbocycles. The molecule has 0 radical (unpaired) electrons. The molecule has 0 unspecified atom stereocenters. The summed E-state index contributed by atoms with van der Waals surface area (Å²) in [5.41, 5.74) is 2.07. The largest absolute Gasteiger partial charge is 0.312 e. The smallest absolute Gasteiger partial charge is 0.145 e. The molecule has 0 aliphatic carbocycles. The van der Waals surface area contributed by atoms with E-state index in [2.05, 4.69) is 51.9 Å². The van der Waals surface area contributed by atoms with Gasteiger partial charge in [-0.1, -0.05) is 0 Å². The molecule has 92 valence electrons. The summed E-state index contributed by atoms with van der Waals surface area (Å²) in [6, 6.07) is 0. The molecule has 0 aliphatic heterocycles. The van der Waals surface area contributed by atoms with Crippen molar-refractivity contribution in [1.82, 2.24) is 25.7 Å². The van der Waals surface area contributed by atoms with Crippen LogP contribution in [0.5, 0.6) is 0 Å². The summed E-state index contributed by atoms with van der Waals surface area (Å²) in [4.78, 5) is 4.53. The first-order valence-corrected chi connectivity index (χ1v) is 6.48. The Labute approximate surface area is 105 Å². The Morgan fingerprint density at radius 2 is 2.24 bits per heavy atom. The van der Waals surface area contributed by atoms with Crippen LogP contribution in [0.4, 0.5) is 0 Å². The number of nitrogens with one attached hydrogen (secondary N) is 2. The van der Waals surface area contributed by atoms with Crippen molar-refractivity contribution < 1.29 is 0 Å². The Morgan fingerprint density at radius 1 is 1.41 bits per heavy atom. The van der Waals surface area contributed by atoms with Crippen LogP contribution in [0.2, 0.25) is 0 Å². The third kappa shape index (κ3) is 3.61. The Kier molecular flexibility index (Phi) is 3.54. The Bertz CT molecular complexity index is 454. The number of hydrogen-bond acceptors (Lipinski definition) is 5. The van der Waals surface area contributed by atoms with Crippen LogP contribution in [-0.2, 0) is 6.42 Å². The number of rotatable bonds is 4. The molecular weight excluding hydrogens is 234 g/mol. The van der Waals surface area contributed by atoms with Gasteiger partial charge < -0.3 is 5.32 Å². The van der Waals surface area contributed by atoms with Gasteiger partial charge in [0.2, 0.25) is 0 Å². The number of hydrogen-bond donors (Lipinski definition) is 2. The van der Waals surface area contributed by atoms with Crippen molar-refractivity contribution >= 4 is 11.3 Å². The van der Waals surface area contributed by atoms with E-state index in [4.69, 9.17) is 0 Å². The number of thiazole rings is 1. The first-order chi connectivity index (χ1) is 8.04. The van der Waals surface area contributed by atoms with E-state index in [0.717, 1.165) is 29.4 Å². The van der Waals surface area contributed by atoms with Crippen LogP contribution in [0.15, 0.2) is 11.6 Å². The van der Waals surface area contributed by atoms with Crippen LogP contribution < -0.4 is 5.32 Å². The van der Waals surface area contributed by atoms with Crippen molar-refractivity contribution in [3.8, 4) is 10.7 Å². The SMILES string of the molecule is CC(C)(C)NCCc1csc(-c2cn[nH]n2)n1. The summed E-state index contributed by atoms with van der Waals surface area (Å²) in [5.74, 6) is 0. The average molecular weight is 251 g/mol. The molecule has 2 aromatic rings. The van der Waals surface area contributed by atoms with Crippen LogP contribution >= 0.6 is 11.3 Å². The lowest BCUT2D eigenvalue weighted by molar-refractivity contribution is 0.429. The Balaban J connectivity index is 1.91. The second kappa shape index (κ2) is 4.93. The summed E-state index contributed by atoms with van der Waals surface area (Å²) in [7, 11) is 0. The van der Waals surface area contributed by atoms with Gasteiger partial charge in [0.1, 0.15) is 10.7 Å². The fraction of sp³-hybridized carbons (Fsp3) is 0.545. The molecule has 2 heterocycles. The van der Waals surface area contributed by atoms with E-state index in [1.165, 1.54) is 0 Å². The summed E-state index contributed by atoms with van der Waals surface area (Å²) >= 11 is 1.60. The quantitative estimate of drug-likeness (QED) is 0.870. The van der Waals surface area contributed by atoms with Crippen molar-refractivity contribution in [2.45, 2.75) is 32.7 Å². The van der Waals surface area contributed by atoms with Gasteiger partial charge in [0.15, 0.2) is 0 Å². The summed E-state index contributed by atoms with van der Waals surface area (Å²) < 4.78 is 0. The highest BCUT2D eigenvalue weighted by molar-refractivity contribution is 7.13. The van der Waals surface area contributed by atoms with Crippen molar-refractivity contribution in [3.63, 3.8) is 0 Å². The highest BCUT2D eigenvalue weighted by Crippen LogP contribution is 2.20. The van der Waals surface area contributed by atoms with Gasteiger partial charge in [-0.3, -0.25) is 0 Å². The molecule has 0 spiro atoms. The van der Waals surface area contributed by atoms with Crippen LogP contribution in [0.3, 0.4) is 0 Å². The molecule has 17 heavy (non-hydrogen) atoms. The molecule has 0 saturated carbocycles. The lowest BCUT2D eigenvalue weighted by Gasteiger charge is -2.19. The highest BCUT2D eigenvalue weighted by Gasteiger charge is 2.10. The first kappa shape index (κ1) is 12.2. The monoisotopic (exact) mass is 251 g/mol. The van der Waals surface area contributed by atoms with E-state index in [1.807, 2.05) is 0 Å². The minimum Gasteiger partial charge on any atom is -0.312 e. The maximum atomic E-state index is 4.53. The molecular formula is C11H17N5S. The van der Waals surface area contributed by atoms with E-state index in [0.29, 0.717) is 0 Å². The van der Waals surface area contributed by atoms with Gasteiger partial charge in [0, 0.05) is 23.9 Å². The van der Waals surface area contributed by atoms with Gasteiger partial charge >= 0.3 is 0 Å². The number of aromatic nitrogens is 4. The van der Waals surface area contributed by atoms with Crippen molar-refractivity contribution in [3.05, 3.63) is 17.3 Å². The molecule has 2 N–H and O–H groups in total. The number of nitrogens with zero attached hydrogens (tertiary/aromatic N) is 3. The third-order valence-corrected chi connectivity index (χ3v) is 3.14. The molecule has 5 nitrogen and oxygen atoms in total. The standard InChI is InChI=1S/C11H17N5S/c1-11(2,3)12-5-4-8-7-17-10(14-8)9-6-13-16-15-9/h6-7,12H,4-5H2,1-3H3,(H,13,15,16). The normalized spacial score (nSPS) is 11.9. The Morgan fingerprint density at radius 3 is 2.88 bits per heavy atom. The van der Waals surface area contributed by atoms with Gasteiger partial charge in [-0.15, -0.1) is 11.3 Å². The summed E-state index contributed by atoms with van der Waals surface area (Å²) in [5, 5.41) is 16.8. The van der Waals surface area contributed by atoms with E-state index in [1.54, 1.807) is 17.5 Å². The first-order valence-electron chi connectivity index (χ1n) is 5.60. The minimum atomic E-state index is 0.158. The van der Waals surface area contributed by atoms with Crippen molar-refractivity contribution in [1.29, 1.82) is 0 Å². The molecule has 0 atom stereocenters. The lowest BCUT2D eigenvalue weighted by Crippen LogP contribution is -2.37. The molecule has 2 aromatic heterocycles. The molecule has 2 rings (SSSR count). The maximum Gasteiger partial charge on any atom is 0.145 e. The maximum absolute atomic E-state index is 4.53. The van der Waals surface area contributed by atoms with Crippen molar-refractivity contribution in [2.24, 2.45) is 0 Å². The number of H-pyrrole nitrogens is 1. The van der Waals surface area contributed by atoms with Crippen molar-refractivity contribution in [2.75, 3.05) is 6.54 Å². The van der Waals surface area contributed by atoms with Crippen LogP contribution in [0.25, 0.3) is 10.7 Å². The van der Waals surface area contributed by atoms with E-state index >= 15 is 0 Å². The van der Waals surface area contributed by atoms with Gasteiger partial charge in [-0.2, -0.15) is 15.4 Å². The third-order valence-electron chi connectivity index (χ3n) is 2.22. The second-order valence-corrected chi connectivity index (χ2v) is 5.78. The number of aromatic amines is 1. The van der Waals surface area contributed by atoms with E-state index < -0.39 is 0 Å². The predicted octanol–water partition coefficient (Wildman–Crippen LogP) is 1.86. The van der Waals surface area contributed by atoms with E-state index in [-0.39, 0.29) is 5.54 Å². The molecule has 0 saturated heterocycles. The summed E-state index contributed by atoms with van der Waals surface area (Å²) in [6.45, 7) is 7.42. The zero-order valence-corrected chi connectivity index (χ0v) is 11.1. The minimum absolute atomic E-state index is 0.158. The summed E-state index contributed by atoms with van der Waals surface area (Å²) in [6.07, 6.45) is 2.63. The Hall–Kier alpha value is -1.27. The molecule has 0 fully saturated rings. The molecule has 0 bridgehead atoms. The lowest BCUT2D eigenvalue weighted by atomic mass is 10.1. The topological polar surface area (TPSA) is 66.5 Å². The highest BCUT2D eigenvalue weighted by atomic mass is 32.1. The predicted molar refractivity (Wildman–Crippen MR) is 69.0 cm³/mol. The van der Waals surface area contributed by atoms with E-state index in [9.17, 15) is 0 Å². The van der Waals surface area contributed by atoms with Crippen LogP contribution in [0.1, 0.15) is 26.5 Å². The molecule has 6 heteroatoms. The second-order valence-electron chi connectivity index (χ2n) is 4.93. The average Bonchev–Trinajstić information content (AvgIpc) is 2.83. The van der Waals surface area contributed by atoms with Crippen LogP contribution in [0, 0.1) is 0 Å². The fourth-order valence-electron chi connectivity index (χ4n) is 1.41. The molecule has 0 aliphatic rings. The van der Waals surface area contributed by atoms with Crippen LogP contribution in [-0.4, -0.2) is 32.5 Å². The zero-order chi connectivity index (χ0) is 12.3. The van der Waals surface area contributed by atoms with Gasteiger partial charge in [-0.05, 0) is 20.8 Å². The van der Waals surface area contributed by atoms with Gasteiger partial charge in [0.05, 0.1) is 11.9 Å². The van der Waals surface area contributed by atoms with Gasteiger partial charge in [-0.25, -0.2) is 4.98 Å². The zero-order valence-electron chi connectivity index (χ0n) is 10.3. The fourth-order valence-corrected chi connectivity index (χ4v) is 2.22. The molecule has 0 amide bonds.